The number of nitrogens with zero attached hydrogens (tertiary/aromatic N) is 1. The standard InChI is InChI=1S/C12H26N2O/c1-11-10-14(8-4-5-9-15-3)12(2)6-7-13-11/h11-13H,4-10H2,1-3H3. The van der Waals surface area contributed by atoms with Crippen molar-refractivity contribution in [3.8, 4) is 0 Å². The summed E-state index contributed by atoms with van der Waals surface area (Å²) in [5.74, 6) is 0. The molecule has 3 heteroatoms. The normalized spacial score (nSPS) is 29.0. The molecule has 0 radical (unpaired) electrons. The lowest BCUT2D eigenvalue weighted by Gasteiger charge is -2.27. The second-order valence-electron chi connectivity index (χ2n) is 4.69. The van der Waals surface area contributed by atoms with Crippen molar-refractivity contribution in [2.24, 2.45) is 0 Å². The van der Waals surface area contributed by atoms with Crippen molar-refractivity contribution in [2.45, 2.75) is 45.2 Å². The van der Waals surface area contributed by atoms with Gasteiger partial charge in [-0.3, -0.25) is 4.90 Å². The summed E-state index contributed by atoms with van der Waals surface area (Å²) in [6.07, 6.45) is 3.71. The summed E-state index contributed by atoms with van der Waals surface area (Å²) in [5.41, 5.74) is 0. The molecule has 1 rings (SSSR count). The van der Waals surface area contributed by atoms with Crippen molar-refractivity contribution < 1.29 is 4.74 Å². The molecule has 0 aromatic carbocycles. The van der Waals surface area contributed by atoms with Crippen LogP contribution in [-0.2, 0) is 4.74 Å². The topological polar surface area (TPSA) is 24.5 Å². The lowest BCUT2D eigenvalue weighted by Crippen LogP contribution is -2.39. The maximum absolute atomic E-state index is 5.07. The number of ether oxygens (including phenoxy) is 1. The SMILES string of the molecule is COCCCCN1CC(C)NCCC1C. The van der Waals surface area contributed by atoms with Gasteiger partial charge in [0.1, 0.15) is 0 Å². The van der Waals surface area contributed by atoms with Crippen LogP contribution < -0.4 is 5.32 Å². The van der Waals surface area contributed by atoms with Crippen LogP contribution in [0.5, 0.6) is 0 Å². The van der Waals surface area contributed by atoms with Crippen LogP contribution in [0.15, 0.2) is 0 Å². The van der Waals surface area contributed by atoms with E-state index in [-0.39, 0.29) is 0 Å². The third kappa shape index (κ3) is 4.96. The van der Waals surface area contributed by atoms with Gasteiger partial charge in [-0.05, 0) is 46.2 Å². The Morgan fingerprint density at radius 2 is 2.13 bits per heavy atom. The number of nitrogens with one attached hydrogen (secondary N) is 1. The molecule has 0 saturated carbocycles. The number of rotatable bonds is 5. The summed E-state index contributed by atoms with van der Waals surface area (Å²) in [6, 6.07) is 1.36. The zero-order chi connectivity index (χ0) is 11.1. The van der Waals surface area contributed by atoms with E-state index in [1.165, 1.54) is 32.4 Å². The van der Waals surface area contributed by atoms with Crippen LogP contribution >= 0.6 is 0 Å². The highest BCUT2D eigenvalue weighted by Gasteiger charge is 2.19. The number of unbranched alkanes of at least 4 members (excludes halogenated alkanes) is 1. The Bertz CT molecular complexity index is 164. The monoisotopic (exact) mass is 214 g/mol. The van der Waals surface area contributed by atoms with Gasteiger partial charge in [-0.25, -0.2) is 0 Å². The molecule has 15 heavy (non-hydrogen) atoms. The summed E-state index contributed by atoms with van der Waals surface area (Å²) in [4.78, 5) is 2.61. The average Bonchev–Trinajstić information content (AvgIpc) is 2.36. The predicted octanol–water partition coefficient (Wildman–Crippen LogP) is 1.49. The van der Waals surface area contributed by atoms with Crippen LogP contribution in [0, 0.1) is 0 Å². The molecule has 1 saturated heterocycles. The minimum atomic E-state index is 0.636. The van der Waals surface area contributed by atoms with Gasteiger partial charge in [0.05, 0.1) is 0 Å². The van der Waals surface area contributed by atoms with Crippen molar-refractivity contribution in [1.82, 2.24) is 10.2 Å². The van der Waals surface area contributed by atoms with Crippen molar-refractivity contribution in [1.29, 1.82) is 0 Å². The van der Waals surface area contributed by atoms with Crippen molar-refractivity contribution in [3.63, 3.8) is 0 Å². The van der Waals surface area contributed by atoms with E-state index in [4.69, 9.17) is 4.74 Å². The second kappa shape index (κ2) is 7.20. The number of hydrogen-bond acceptors (Lipinski definition) is 3. The van der Waals surface area contributed by atoms with Gasteiger partial charge < -0.3 is 10.1 Å². The van der Waals surface area contributed by atoms with Gasteiger partial charge in [0.25, 0.3) is 0 Å². The highest BCUT2D eigenvalue weighted by molar-refractivity contribution is 4.78. The van der Waals surface area contributed by atoms with E-state index in [1.54, 1.807) is 7.11 Å². The molecule has 0 aromatic heterocycles. The fourth-order valence-electron chi connectivity index (χ4n) is 2.19. The van der Waals surface area contributed by atoms with Gasteiger partial charge in [-0.1, -0.05) is 0 Å². The van der Waals surface area contributed by atoms with Crippen LogP contribution in [0.4, 0.5) is 0 Å². The maximum Gasteiger partial charge on any atom is 0.0462 e. The Balaban J connectivity index is 2.23. The zero-order valence-corrected chi connectivity index (χ0v) is 10.5. The van der Waals surface area contributed by atoms with Gasteiger partial charge in [0, 0.05) is 32.3 Å². The summed E-state index contributed by atoms with van der Waals surface area (Å²) >= 11 is 0. The summed E-state index contributed by atoms with van der Waals surface area (Å²) in [5, 5.41) is 3.54. The first-order chi connectivity index (χ1) is 7.24. The fourth-order valence-corrected chi connectivity index (χ4v) is 2.19. The van der Waals surface area contributed by atoms with E-state index in [0.717, 1.165) is 19.2 Å². The van der Waals surface area contributed by atoms with Crippen LogP contribution in [0.25, 0.3) is 0 Å². The van der Waals surface area contributed by atoms with Crippen LogP contribution in [0.2, 0.25) is 0 Å². The molecule has 2 atom stereocenters. The zero-order valence-electron chi connectivity index (χ0n) is 10.5. The van der Waals surface area contributed by atoms with Crippen molar-refractivity contribution in [3.05, 3.63) is 0 Å². The van der Waals surface area contributed by atoms with Gasteiger partial charge in [-0.2, -0.15) is 0 Å². The molecule has 2 unspecified atom stereocenters. The predicted molar refractivity (Wildman–Crippen MR) is 64.2 cm³/mol. The number of methoxy groups -OCH3 is 1. The van der Waals surface area contributed by atoms with Crippen LogP contribution in [-0.4, -0.2) is 50.3 Å². The fraction of sp³-hybridized carbons (Fsp3) is 1.00. The first kappa shape index (κ1) is 12.9. The molecule has 90 valence electrons. The Morgan fingerprint density at radius 3 is 2.87 bits per heavy atom. The van der Waals surface area contributed by atoms with Crippen LogP contribution in [0.1, 0.15) is 33.1 Å². The lowest BCUT2D eigenvalue weighted by molar-refractivity contribution is 0.170. The highest BCUT2D eigenvalue weighted by atomic mass is 16.5. The van der Waals surface area contributed by atoms with E-state index >= 15 is 0 Å². The van der Waals surface area contributed by atoms with E-state index in [0.29, 0.717) is 6.04 Å². The molecular weight excluding hydrogens is 188 g/mol. The minimum Gasteiger partial charge on any atom is -0.385 e. The second-order valence-corrected chi connectivity index (χ2v) is 4.69. The molecule has 1 heterocycles. The van der Waals surface area contributed by atoms with Gasteiger partial charge >= 0.3 is 0 Å². The van der Waals surface area contributed by atoms with Crippen LogP contribution in [0.3, 0.4) is 0 Å². The van der Waals surface area contributed by atoms with Crippen molar-refractivity contribution >= 4 is 0 Å². The summed E-state index contributed by atoms with van der Waals surface area (Å²) in [6.45, 7) is 9.09. The highest BCUT2D eigenvalue weighted by Crippen LogP contribution is 2.10. The molecule has 0 aromatic rings. The van der Waals surface area contributed by atoms with Gasteiger partial charge in [-0.15, -0.1) is 0 Å². The van der Waals surface area contributed by atoms with Crippen molar-refractivity contribution in [2.75, 3.05) is 33.4 Å². The largest absolute Gasteiger partial charge is 0.385 e. The first-order valence-corrected chi connectivity index (χ1v) is 6.20. The Hall–Kier alpha value is -0.120. The molecule has 3 nitrogen and oxygen atoms in total. The van der Waals surface area contributed by atoms with E-state index in [2.05, 4.69) is 24.1 Å². The van der Waals surface area contributed by atoms with E-state index < -0.39 is 0 Å². The lowest BCUT2D eigenvalue weighted by atomic mass is 10.2. The van der Waals surface area contributed by atoms with Gasteiger partial charge in [0.2, 0.25) is 0 Å². The molecule has 1 N–H and O–H groups in total. The Labute approximate surface area is 94.2 Å². The average molecular weight is 214 g/mol. The maximum atomic E-state index is 5.07. The number of hydrogen-bond donors (Lipinski definition) is 1. The van der Waals surface area contributed by atoms with E-state index in [1.807, 2.05) is 0 Å². The minimum absolute atomic E-state index is 0.636. The molecule has 0 bridgehead atoms. The molecule has 0 amide bonds. The molecule has 0 spiro atoms. The van der Waals surface area contributed by atoms with Gasteiger partial charge in [0.15, 0.2) is 0 Å². The molecule has 1 fully saturated rings. The Morgan fingerprint density at radius 1 is 1.33 bits per heavy atom. The quantitative estimate of drug-likeness (QED) is 0.702. The first-order valence-electron chi connectivity index (χ1n) is 6.20. The third-order valence-corrected chi connectivity index (χ3v) is 3.23. The summed E-state index contributed by atoms with van der Waals surface area (Å²) < 4.78 is 5.07. The third-order valence-electron chi connectivity index (χ3n) is 3.23. The molecular formula is C12H26N2O. The Kier molecular flexibility index (Phi) is 6.22. The summed E-state index contributed by atoms with van der Waals surface area (Å²) in [7, 11) is 1.78. The molecule has 1 aliphatic heterocycles. The molecule has 1 aliphatic rings. The molecule has 0 aliphatic carbocycles. The van der Waals surface area contributed by atoms with E-state index in [9.17, 15) is 0 Å². The smallest absolute Gasteiger partial charge is 0.0462 e.